The number of carbonyl (C=O) groups excluding carboxylic acids is 4. The summed E-state index contributed by atoms with van der Waals surface area (Å²) in [6.07, 6.45) is 51.4. The Kier molecular flexibility index (Phi) is 64.3. The van der Waals surface area contributed by atoms with Crippen molar-refractivity contribution in [1.29, 1.82) is 0 Å². The van der Waals surface area contributed by atoms with Gasteiger partial charge in [-0.05, 0) is 43.4 Å². The first kappa shape index (κ1) is 92.1. The highest BCUT2D eigenvalue weighted by Gasteiger charge is 2.30. The Hall–Kier alpha value is -1.94. The van der Waals surface area contributed by atoms with Gasteiger partial charge in [0, 0.05) is 25.7 Å². The molecule has 3 unspecified atom stereocenters. The van der Waals surface area contributed by atoms with Crippen molar-refractivity contribution in [2.75, 3.05) is 39.6 Å². The van der Waals surface area contributed by atoms with E-state index in [9.17, 15) is 43.2 Å². The van der Waals surface area contributed by atoms with Gasteiger partial charge in [-0.15, -0.1) is 0 Å². The van der Waals surface area contributed by atoms with Crippen LogP contribution in [0.4, 0.5) is 0 Å². The highest BCUT2D eigenvalue weighted by Crippen LogP contribution is 2.45. The minimum atomic E-state index is -4.96. The summed E-state index contributed by atoms with van der Waals surface area (Å²) < 4.78 is 68.4. The zero-order valence-corrected chi connectivity index (χ0v) is 63.2. The molecule has 0 heterocycles. The smallest absolute Gasteiger partial charge is 0.462 e. The van der Waals surface area contributed by atoms with E-state index in [1.807, 2.05) is 0 Å². The van der Waals surface area contributed by atoms with E-state index in [0.29, 0.717) is 25.7 Å². The van der Waals surface area contributed by atoms with Gasteiger partial charge in [0.2, 0.25) is 0 Å². The summed E-state index contributed by atoms with van der Waals surface area (Å²) in [5, 5.41) is 10.6. The van der Waals surface area contributed by atoms with Crippen LogP contribution in [0.5, 0.6) is 0 Å². The molecule has 0 aliphatic carbocycles. The maximum atomic E-state index is 13.1. The maximum Gasteiger partial charge on any atom is 0.472 e. The monoisotopic (exact) mass is 1380 g/mol. The lowest BCUT2D eigenvalue weighted by molar-refractivity contribution is -0.161. The van der Waals surface area contributed by atoms with Gasteiger partial charge < -0.3 is 33.8 Å². The Morgan fingerprint density at radius 2 is 0.543 bits per heavy atom. The molecular weight excluding hydrogens is 1230 g/mol. The number of esters is 4. The first-order valence-electron chi connectivity index (χ1n) is 38.9. The van der Waals surface area contributed by atoms with E-state index in [-0.39, 0.29) is 25.7 Å². The molecule has 0 aliphatic heterocycles. The van der Waals surface area contributed by atoms with Crippen molar-refractivity contribution in [2.45, 2.75) is 401 Å². The summed E-state index contributed by atoms with van der Waals surface area (Å²) >= 11 is 0. The van der Waals surface area contributed by atoms with Crippen molar-refractivity contribution in [3.05, 3.63) is 0 Å². The third-order valence-corrected chi connectivity index (χ3v) is 19.6. The largest absolute Gasteiger partial charge is 0.472 e. The molecule has 0 radical (unpaired) electrons. The molecule has 0 amide bonds. The Bertz CT molecular complexity index is 1840. The van der Waals surface area contributed by atoms with Crippen LogP contribution in [0.1, 0.15) is 382 Å². The number of rotatable bonds is 73. The predicted octanol–water partition coefficient (Wildman–Crippen LogP) is 21.8. The SMILES string of the molecule is CCCCCCCCCCCC(=O)OC[C@H](COP(=O)(O)OC[C@H](O)COP(=O)(O)OC[C@@H](COC(=O)CCCCCCCCCCCCCCCC(C)C)OC(=O)CCCCCCCCCCCCCCCCCCC(C)C)OC(=O)CCCCCCCCC(C)CC. The number of aliphatic hydroxyl groups excluding tert-OH is 1. The van der Waals surface area contributed by atoms with Gasteiger partial charge in [0.25, 0.3) is 0 Å². The molecule has 0 rings (SSSR count). The van der Waals surface area contributed by atoms with Crippen molar-refractivity contribution >= 4 is 39.5 Å². The number of carbonyl (C=O) groups is 4. The van der Waals surface area contributed by atoms with E-state index in [4.69, 9.17) is 37.0 Å². The zero-order valence-electron chi connectivity index (χ0n) is 61.4. The minimum Gasteiger partial charge on any atom is -0.462 e. The topological polar surface area (TPSA) is 237 Å². The molecule has 0 fully saturated rings. The van der Waals surface area contributed by atoms with E-state index >= 15 is 0 Å². The number of aliphatic hydroxyl groups is 1. The molecule has 0 saturated carbocycles. The molecule has 0 bridgehead atoms. The number of unbranched alkanes of at least 4 members (excludes halogenated alkanes) is 40. The summed E-state index contributed by atoms with van der Waals surface area (Å²) in [7, 11) is -9.91. The Morgan fingerprint density at radius 3 is 0.809 bits per heavy atom. The van der Waals surface area contributed by atoms with Gasteiger partial charge in [0.05, 0.1) is 26.4 Å². The van der Waals surface area contributed by atoms with Gasteiger partial charge in [-0.25, -0.2) is 9.13 Å². The number of ether oxygens (including phenoxy) is 4. The molecule has 19 heteroatoms. The van der Waals surface area contributed by atoms with Gasteiger partial charge in [0.15, 0.2) is 12.2 Å². The quantitative estimate of drug-likeness (QED) is 0.0222. The molecule has 0 saturated heterocycles. The van der Waals surface area contributed by atoms with Crippen LogP contribution < -0.4 is 0 Å². The average Bonchev–Trinajstić information content (AvgIpc) is 1.25. The van der Waals surface area contributed by atoms with Crippen molar-refractivity contribution < 1.29 is 80.2 Å². The maximum absolute atomic E-state index is 13.1. The first-order valence-corrected chi connectivity index (χ1v) is 41.9. The van der Waals surface area contributed by atoms with Crippen molar-refractivity contribution in [3.8, 4) is 0 Å². The summed E-state index contributed by atoms with van der Waals surface area (Å²) in [4.78, 5) is 72.7. The molecule has 3 N–H and O–H groups in total. The van der Waals surface area contributed by atoms with E-state index in [1.54, 1.807) is 0 Å². The van der Waals surface area contributed by atoms with Crippen LogP contribution in [0.3, 0.4) is 0 Å². The average molecular weight is 1380 g/mol. The fourth-order valence-electron chi connectivity index (χ4n) is 11.4. The third-order valence-electron chi connectivity index (χ3n) is 17.7. The molecule has 0 aromatic carbocycles. The van der Waals surface area contributed by atoms with E-state index in [2.05, 4.69) is 48.5 Å². The second-order valence-corrected chi connectivity index (χ2v) is 31.1. The fraction of sp³-hybridized carbons (Fsp3) is 0.947. The molecule has 558 valence electrons. The Balaban J connectivity index is 5.21. The van der Waals surface area contributed by atoms with Gasteiger partial charge in [-0.3, -0.25) is 37.3 Å². The summed E-state index contributed by atoms with van der Waals surface area (Å²) in [5.74, 6) is 0.198. The molecule has 17 nitrogen and oxygen atoms in total. The lowest BCUT2D eigenvalue weighted by Crippen LogP contribution is -2.30. The molecule has 6 atom stereocenters. The zero-order chi connectivity index (χ0) is 69.4. The van der Waals surface area contributed by atoms with E-state index in [1.165, 1.54) is 193 Å². The molecule has 0 aliphatic rings. The normalized spacial score (nSPS) is 14.4. The van der Waals surface area contributed by atoms with Crippen molar-refractivity contribution in [3.63, 3.8) is 0 Å². The Morgan fingerprint density at radius 1 is 0.309 bits per heavy atom. The molecule has 0 spiro atoms. The van der Waals surface area contributed by atoms with Crippen LogP contribution in [0, 0.1) is 17.8 Å². The van der Waals surface area contributed by atoms with Gasteiger partial charge in [0.1, 0.15) is 19.3 Å². The van der Waals surface area contributed by atoms with E-state index in [0.717, 1.165) is 108 Å². The lowest BCUT2D eigenvalue weighted by Gasteiger charge is -2.21. The van der Waals surface area contributed by atoms with E-state index < -0.39 is 97.5 Å². The summed E-state index contributed by atoms with van der Waals surface area (Å²) in [5.41, 5.74) is 0. The minimum absolute atomic E-state index is 0.103. The highest BCUT2D eigenvalue weighted by molar-refractivity contribution is 7.47. The van der Waals surface area contributed by atoms with Crippen LogP contribution in [-0.4, -0.2) is 96.7 Å². The van der Waals surface area contributed by atoms with Crippen LogP contribution in [0.2, 0.25) is 0 Å². The van der Waals surface area contributed by atoms with Crippen LogP contribution in [0.25, 0.3) is 0 Å². The molecule has 0 aromatic heterocycles. The molecular formula is C75H146O17P2. The first-order chi connectivity index (χ1) is 45.3. The van der Waals surface area contributed by atoms with Crippen LogP contribution in [-0.2, 0) is 65.4 Å². The second kappa shape index (κ2) is 65.7. The van der Waals surface area contributed by atoms with Crippen molar-refractivity contribution in [2.24, 2.45) is 17.8 Å². The highest BCUT2D eigenvalue weighted by atomic mass is 31.2. The summed E-state index contributed by atoms with van der Waals surface area (Å²) in [6.45, 7) is 11.9. The number of phosphoric acid groups is 2. The lowest BCUT2D eigenvalue weighted by atomic mass is 10.00. The standard InChI is InChI=1S/C75H146O17P2/c1-8-10-11-12-13-27-34-42-49-56-72(77)85-63-71(92-75(80)59-52-45-38-37-41-48-55-68(7)9-2)65-90-94(83,84)88-61-69(76)60-87-93(81,82)89-64-70(62-86-73(78)57-50-43-35-30-25-22-18-20-24-29-33-40-47-54-67(5)6)91-74(79)58-51-44-36-31-26-21-17-15-14-16-19-23-28-32-39-46-53-66(3)4/h66-71,76H,8-65H2,1-7H3,(H,81,82)(H,83,84)/t68?,69-,70-,71-/m1/s1. The fourth-order valence-corrected chi connectivity index (χ4v) is 13.0. The van der Waals surface area contributed by atoms with Crippen LogP contribution >= 0.6 is 15.6 Å². The molecule has 0 aromatic rings. The number of hydrogen-bond acceptors (Lipinski definition) is 15. The second-order valence-electron chi connectivity index (χ2n) is 28.2. The van der Waals surface area contributed by atoms with Gasteiger partial charge >= 0.3 is 39.5 Å². The van der Waals surface area contributed by atoms with Gasteiger partial charge in [-0.1, -0.05) is 331 Å². The Labute approximate surface area is 575 Å². The van der Waals surface area contributed by atoms with Crippen molar-refractivity contribution in [1.82, 2.24) is 0 Å². The van der Waals surface area contributed by atoms with Gasteiger partial charge in [-0.2, -0.15) is 0 Å². The third kappa shape index (κ3) is 67.3. The number of phosphoric ester groups is 2. The predicted molar refractivity (Wildman–Crippen MR) is 381 cm³/mol. The number of hydrogen-bond donors (Lipinski definition) is 3. The molecule has 94 heavy (non-hydrogen) atoms. The van der Waals surface area contributed by atoms with Crippen LogP contribution in [0.15, 0.2) is 0 Å². The summed E-state index contributed by atoms with van der Waals surface area (Å²) in [6, 6.07) is 0.